The minimum absolute atomic E-state index is 0.269. The summed E-state index contributed by atoms with van der Waals surface area (Å²) in [5.74, 6) is -0.269. The SMILES string of the molecule is C=C/C(=C\C=C(C)C)C(=C)Nc1cc(F)ccc1C. The first-order valence-electron chi connectivity index (χ1n) is 6.14. The lowest BCUT2D eigenvalue weighted by Crippen LogP contribution is -2.02. The van der Waals surface area contributed by atoms with E-state index in [1.807, 2.05) is 32.9 Å². The molecule has 0 bridgehead atoms. The van der Waals surface area contributed by atoms with E-state index in [2.05, 4.69) is 18.5 Å². The Hall–Kier alpha value is -2.09. The molecule has 1 N–H and O–H groups in total. The molecule has 0 aliphatic heterocycles. The number of halogens is 1. The number of benzene rings is 1. The predicted octanol–water partition coefficient (Wildman–Crippen LogP) is 5.14. The van der Waals surface area contributed by atoms with E-state index in [0.29, 0.717) is 5.70 Å². The first-order valence-corrected chi connectivity index (χ1v) is 6.14. The zero-order valence-corrected chi connectivity index (χ0v) is 11.8. The van der Waals surface area contributed by atoms with Gasteiger partial charge in [0.05, 0.1) is 0 Å². The predicted molar refractivity (Wildman–Crippen MR) is 81.6 cm³/mol. The first kappa shape index (κ1) is 15.0. The molecule has 1 aromatic rings. The van der Waals surface area contributed by atoms with Crippen molar-refractivity contribution in [1.29, 1.82) is 0 Å². The third kappa shape index (κ3) is 4.59. The monoisotopic (exact) mass is 257 g/mol. The highest BCUT2D eigenvalue weighted by atomic mass is 19.1. The summed E-state index contributed by atoms with van der Waals surface area (Å²) in [6.45, 7) is 13.7. The second-order valence-corrected chi connectivity index (χ2v) is 4.63. The van der Waals surface area contributed by atoms with Gasteiger partial charge in [-0.2, -0.15) is 0 Å². The Balaban J connectivity index is 2.95. The molecule has 0 spiro atoms. The van der Waals surface area contributed by atoms with Crippen LogP contribution in [-0.2, 0) is 0 Å². The van der Waals surface area contributed by atoms with Crippen molar-refractivity contribution in [2.24, 2.45) is 0 Å². The van der Waals surface area contributed by atoms with Crippen molar-refractivity contribution < 1.29 is 4.39 Å². The molecule has 0 saturated carbocycles. The largest absolute Gasteiger partial charge is 0.355 e. The fourth-order valence-electron chi connectivity index (χ4n) is 1.51. The van der Waals surface area contributed by atoms with Crippen molar-refractivity contribution in [3.8, 4) is 0 Å². The van der Waals surface area contributed by atoms with E-state index >= 15 is 0 Å². The highest BCUT2D eigenvalue weighted by molar-refractivity contribution is 5.59. The van der Waals surface area contributed by atoms with Crippen LogP contribution in [0.3, 0.4) is 0 Å². The Kier molecular flexibility index (Phi) is 5.31. The molecule has 0 aromatic heterocycles. The van der Waals surface area contributed by atoms with Gasteiger partial charge in [0.2, 0.25) is 0 Å². The molecule has 0 amide bonds. The van der Waals surface area contributed by atoms with Crippen LogP contribution in [0.1, 0.15) is 19.4 Å². The van der Waals surface area contributed by atoms with Crippen LogP contribution in [0.15, 0.2) is 66.4 Å². The van der Waals surface area contributed by atoms with Crippen molar-refractivity contribution >= 4 is 5.69 Å². The van der Waals surface area contributed by atoms with E-state index in [1.54, 1.807) is 12.1 Å². The summed E-state index contributed by atoms with van der Waals surface area (Å²) in [5, 5.41) is 3.12. The van der Waals surface area contributed by atoms with Gasteiger partial charge >= 0.3 is 0 Å². The normalized spacial score (nSPS) is 10.8. The van der Waals surface area contributed by atoms with Crippen molar-refractivity contribution in [2.75, 3.05) is 5.32 Å². The van der Waals surface area contributed by atoms with Crippen LogP contribution in [0.25, 0.3) is 0 Å². The average molecular weight is 257 g/mol. The first-order chi connectivity index (χ1) is 8.93. The van der Waals surface area contributed by atoms with Gasteiger partial charge in [0, 0.05) is 11.4 Å². The van der Waals surface area contributed by atoms with Crippen LogP contribution in [0.5, 0.6) is 0 Å². The fourth-order valence-corrected chi connectivity index (χ4v) is 1.51. The Bertz CT molecular complexity index is 546. The van der Waals surface area contributed by atoms with Gasteiger partial charge in [-0.1, -0.05) is 43.0 Å². The van der Waals surface area contributed by atoms with E-state index in [1.165, 1.54) is 17.7 Å². The second-order valence-electron chi connectivity index (χ2n) is 4.63. The summed E-state index contributed by atoms with van der Waals surface area (Å²) in [7, 11) is 0. The summed E-state index contributed by atoms with van der Waals surface area (Å²) in [5.41, 5.74) is 4.45. The maximum absolute atomic E-state index is 13.2. The summed E-state index contributed by atoms with van der Waals surface area (Å²) in [6.07, 6.45) is 5.65. The minimum Gasteiger partial charge on any atom is -0.355 e. The number of aryl methyl sites for hydroxylation is 1. The highest BCUT2D eigenvalue weighted by Crippen LogP contribution is 2.20. The Morgan fingerprint density at radius 2 is 1.95 bits per heavy atom. The topological polar surface area (TPSA) is 12.0 Å². The highest BCUT2D eigenvalue weighted by Gasteiger charge is 2.03. The van der Waals surface area contributed by atoms with Crippen LogP contribution in [0.4, 0.5) is 10.1 Å². The fraction of sp³-hybridized carbons (Fsp3) is 0.176. The molecule has 1 aromatic carbocycles. The van der Waals surface area contributed by atoms with Gasteiger partial charge in [0.15, 0.2) is 0 Å². The van der Waals surface area contributed by atoms with E-state index in [4.69, 9.17) is 0 Å². The van der Waals surface area contributed by atoms with Gasteiger partial charge in [-0.05, 0) is 44.0 Å². The number of anilines is 1. The third-order valence-corrected chi connectivity index (χ3v) is 2.65. The third-order valence-electron chi connectivity index (χ3n) is 2.65. The summed E-state index contributed by atoms with van der Waals surface area (Å²) in [4.78, 5) is 0. The molecular formula is C17H20FN. The Morgan fingerprint density at radius 3 is 2.53 bits per heavy atom. The average Bonchev–Trinajstić information content (AvgIpc) is 2.34. The molecule has 100 valence electrons. The molecule has 0 atom stereocenters. The van der Waals surface area contributed by atoms with Crippen molar-refractivity contribution in [2.45, 2.75) is 20.8 Å². The molecular weight excluding hydrogens is 237 g/mol. The van der Waals surface area contributed by atoms with Gasteiger partial charge < -0.3 is 5.32 Å². The van der Waals surface area contributed by atoms with Crippen LogP contribution in [0.2, 0.25) is 0 Å². The number of hydrogen-bond donors (Lipinski definition) is 1. The number of allylic oxidation sites excluding steroid dienone is 4. The standard InChI is InChI=1S/C17H20FN/c1-6-15(9-7-12(2)3)14(5)19-17-11-16(18)10-8-13(17)4/h6-11,19H,1,5H2,2-4H3/b15-9+. The van der Waals surface area contributed by atoms with E-state index in [9.17, 15) is 4.39 Å². The van der Waals surface area contributed by atoms with Crippen LogP contribution in [0, 0.1) is 12.7 Å². The zero-order valence-electron chi connectivity index (χ0n) is 11.8. The Morgan fingerprint density at radius 1 is 1.26 bits per heavy atom. The lowest BCUT2D eigenvalue weighted by Gasteiger charge is -2.12. The van der Waals surface area contributed by atoms with Crippen molar-refractivity contribution in [3.05, 3.63) is 77.8 Å². The summed E-state index contributed by atoms with van der Waals surface area (Å²) >= 11 is 0. The van der Waals surface area contributed by atoms with Gasteiger partial charge in [-0.3, -0.25) is 0 Å². The molecule has 0 aliphatic rings. The molecule has 1 rings (SSSR count). The lowest BCUT2D eigenvalue weighted by molar-refractivity contribution is 0.628. The van der Waals surface area contributed by atoms with E-state index < -0.39 is 0 Å². The van der Waals surface area contributed by atoms with Crippen LogP contribution >= 0.6 is 0 Å². The van der Waals surface area contributed by atoms with Gasteiger partial charge in [-0.15, -0.1) is 0 Å². The Labute approximate surface area is 114 Å². The van der Waals surface area contributed by atoms with Crippen molar-refractivity contribution in [3.63, 3.8) is 0 Å². The van der Waals surface area contributed by atoms with Gasteiger partial charge in [0.25, 0.3) is 0 Å². The van der Waals surface area contributed by atoms with Crippen LogP contribution in [-0.4, -0.2) is 0 Å². The molecule has 0 unspecified atom stereocenters. The molecule has 0 heterocycles. The van der Waals surface area contributed by atoms with E-state index in [-0.39, 0.29) is 5.82 Å². The number of hydrogen-bond acceptors (Lipinski definition) is 1. The molecule has 0 radical (unpaired) electrons. The van der Waals surface area contributed by atoms with Crippen molar-refractivity contribution in [1.82, 2.24) is 0 Å². The lowest BCUT2D eigenvalue weighted by atomic mass is 10.1. The van der Waals surface area contributed by atoms with Crippen LogP contribution < -0.4 is 5.32 Å². The quantitative estimate of drug-likeness (QED) is 0.720. The molecule has 0 aliphatic carbocycles. The summed E-state index contributed by atoms with van der Waals surface area (Å²) in [6, 6.07) is 4.64. The maximum Gasteiger partial charge on any atom is 0.125 e. The smallest absolute Gasteiger partial charge is 0.125 e. The number of nitrogens with one attached hydrogen (secondary N) is 1. The molecule has 0 fully saturated rings. The molecule has 2 heteroatoms. The zero-order chi connectivity index (χ0) is 14.4. The number of rotatable bonds is 5. The molecule has 19 heavy (non-hydrogen) atoms. The van der Waals surface area contributed by atoms with Gasteiger partial charge in [-0.25, -0.2) is 4.39 Å². The molecule has 0 saturated heterocycles. The van der Waals surface area contributed by atoms with Gasteiger partial charge in [0.1, 0.15) is 5.82 Å². The summed E-state index contributed by atoms with van der Waals surface area (Å²) < 4.78 is 13.2. The second kappa shape index (κ2) is 6.74. The maximum atomic E-state index is 13.2. The minimum atomic E-state index is -0.269. The molecule has 1 nitrogen and oxygen atoms in total. The van der Waals surface area contributed by atoms with E-state index in [0.717, 1.165) is 16.8 Å².